The summed E-state index contributed by atoms with van der Waals surface area (Å²) in [5.74, 6) is 1.02. The van der Waals surface area contributed by atoms with Crippen LogP contribution in [0.5, 0.6) is 0 Å². The molecule has 1 aliphatic carbocycles. The minimum Gasteiger partial charge on any atom is -0.0654 e. The van der Waals surface area contributed by atoms with Crippen molar-refractivity contribution in [1.82, 2.24) is 0 Å². The van der Waals surface area contributed by atoms with E-state index < -0.39 is 0 Å². The quantitative estimate of drug-likeness (QED) is 0.0535. The Balaban J connectivity index is 3.19. The molecule has 0 heterocycles. The molecular formula is C60H120. The topological polar surface area (TPSA) is 0 Å². The Labute approximate surface area is 383 Å². The summed E-state index contributed by atoms with van der Waals surface area (Å²) < 4.78 is 0. The molecule has 0 aliphatic heterocycles. The van der Waals surface area contributed by atoms with Gasteiger partial charge in [-0.2, -0.15) is 0 Å². The average Bonchev–Trinajstić information content (AvgIpc) is 3.55. The van der Waals surface area contributed by atoms with Crippen LogP contribution in [0.15, 0.2) is 0 Å². The zero-order chi connectivity index (χ0) is 43.3. The van der Waals surface area contributed by atoms with E-state index in [9.17, 15) is 0 Å². The minimum absolute atomic E-state index is 0.635. The highest BCUT2D eigenvalue weighted by Crippen LogP contribution is 2.67. The molecular weight excluding hydrogens is 721 g/mol. The molecule has 0 nitrogen and oxygen atoms in total. The molecule has 0 saturated heterocycles. The zero-order valence-electron chi connectivity index (χ0n) is 43.3. The summed E-state index contributed by atoms with van der Waals surface area (Å²) in [6.07, 6.45) is 77.7. The molecule has 0 bridgehead atoms. The molecule has 60 heavy (non-hydrogen) atoms. The third-order valence-corrected chi connectivity index (χ3v) is 16.4. The highest BCUT2D eigenvalue weighted by Gasteiger charge is 2.57. The lowest BCUT2D eigenvalue weighted by molar-refractivity contribution is -0.0152. The van der Waals surface area contributed by atoms with E-state index in [2.05, 4.69) is 34.6 Å². The first-order valence-electron chi connectivity index (χ1n) is 29.7. The molecule has 1 atom stereocenters. The summed E-state index contributed by atoms with van der Waals surface area (Å²) in [6.45, 7) is 11.8. The molecule has 1 aliphatic rings. The fraction of sp³-hybridized carbons (Fsp3) is 1.00. The van der Waals surface area contributed by atoms with Crippen LogP contribution in [0.3, 0.4) is 0 Å². The zero-order valence-corrected chi connectivity index (χ0v) is 43.3. The monoisotopic (exact) mass is 841 g/mol. The van der Waals surface area contributed by atoms with Crippen LogP contribution in [0.1, 0.15) is 369 Å². The first-order valence-corrected chi connectivity index (χ1v) is 29.7. The van der Waals surface area contributed by atoms with Crippen molar-refractivity contribution in [3.8, 4) is 0 Å². The number of hydrogen-bond donors (Lipinski definition) is 0. The summed E-state index contributed by atoms with van der Waals surface area (Å²) in [5, 5.41) is 0. The van der Waals surface area contributed by atoms with Crippen LogP contribution in [0.25, 0.3) is 0 Å². The van der Waals surface area contributed by atoms with Crippen molar-refractivity contribution in [1.29, 1.82) is 0 Å². The van der Waals surface area contributed by atoms with Crippen LogP contribution in [0, 0.1) is 16.7 Å². The second-order valence-electron chi connectivity index (χ2n) is 21.6. The molecule has 1 unspecified atom stereocenters. The maximum atomic E-state index is 2.36. The molecule has 0 radical (unpaired) electrons. The molecule has 0 aromatic rings. The third kappa shape index (κ3) is 29.4. The first kappa shape index (κ1) is 58.0. The Bertz CT molecular complexity index is 765. The molecule has 0 spiro atoms. The van der Waals surface area contributed by atoms with E-state index in [1.807, 2.05) is 0 Å². The van der Waals surface area contributed by atoms with Crippen molar-refractivity contribution in [3.05, 3.63) is 0 Å². The SMILES string of the molecule is CCCCCCCCCCCC1CCC(CCCCCCCCCCC)(CCCCCCCCCCC)C1(CCCCCCCCCCC)CCCCCCCCCCC. The van der Waals surface area contributed by atoms with Gasteiger partial charge in [0.25, 0.3) is 0 Å². The van der Waals surface area contributed by atoms with Crippen LogP contribution in [-0.2, 0) is 0 Å². The molecule has 0 heteroatoms. The summed E-state index contributed by atoms with van der Waals surface area (Å²) in [4.78, 5) is 0. The van der Waals surface area contributed by atoms with E-state index in [0.29, 0.717) is 10.8 Å². The number of hydrogen-bond acceptors (Lipinski definition) is 0. The Hall–Kier alpha value is 0. The van der Waals surface area contributed by atoms with Gasteiger partial charge in [0.2, 0.25) is 0 Å². The van der Waals surface area contributed by atoms with Gasteiger partial charge in [-0.05, 0) is 61.7 Å². The summed E-state index contributed by atoms with van der Waals surface area (Å²) in [7, 11) is 0. The Morgan fingerprint density at radius 2 is 0.467 bits per heavy atom. The fourth-order valence-electron chi connectivity index (χ4n) is 12.5. The molecule has 0 amide bonds. The van der Waals surface area contributed by atoms with Crippen LogP contribution >= 0.6 is 0 Å². The predicted molar refractivity (Wildman–Crippen MR) is 277 cm³/mol. The standard InChI is InChI=1S/C60H120/c1-6-11-16-21-26-31-36-41-46-51-58-52-57-59(53-47-42-37-32-27-22-17-12-7-2,54-48-43-38-33-28-23-18-13-8-3)60(58,55-49-44-39-34-29-24-19-14-9-4)56-50-45-40-35-30-25-20-15-10-5/h58H,6-57H2,1-5H3. The van der Waals surface area contributed by atoms with E-state index in [1.54, 1.807) is 44.9 Å². The molecule has 1 saturated carbocycles. The van der Waals surface area contributed by atoms with Crippen molar-refractivity contribution in [2.75, 3.05) is 0 Å². The summed E-state index contributed by atoms with van der Waals surface area (Å²) in [6, 6.07) is 0. The first-order chi connectivity index (χ1) is 29.7. The molecule has 0 aromatic heterocycles. The number of rotatable bonds is 50. The van der Waals surface area contributed by atoms with Gasteiger partial charge in [-0.1, -0.05) is 324 Å². The maximum absolute atomic E-state index is 2.36. The summed E-state index contributed by atoms with van der Waals surface area (Å²) >= 11 is 0. The smallest absolute Gasteiger partial charge is 0.0213 e. The van der Waals surface area contributed by atoms with Gasteiger partial charge >= 0.3 is 0 Å². The van der Waals surface area contributed by atoms with Crippen LogP contribution in [0.2, 0.25) is 0 Å². The van der Waals surface area contributed by atoms with Crippen molar-refractivity contribution in [2.45, 2.75) is 369 Å². The van der Waals surface area contributed by atoms with E-state index >= 15 is 0 Å². The molecule has 0 N–H and O–H groups in total. The van der Waals surface area contributed by atoms with Gasteiger partial charge in [-0.25, -0.2) is 0 Å². The molecule has 1 rings (SSSR count). The van der Waals surface area contributed by atoms with Gasteiger partial charge in [-0.3, -0.25) is 0 Å². The van der Waals surface area contributed by atoms with E-state index in [1.165, 1.54) is 289 Å². The Morgan fingerprint density at radius 1 is 0.250 bits per heavy atom. The normalized spacial score (nSPS) is 16.1. The van der Waals surface area contributed by atoms with Crippen LogP contribution < -0.4 is 0 Å². The highest BCUT2D eigenvalue weighted by molar-refractivity contribution is 5.06. The lowest BCUT2D eigenvalue weighted by Gasteiger charge is -2.51. The Kier molecular flexibility index (Phi) is 42.8. The van der Waals surface area contributed by atoms with Crippen molar-refractivity contribution >= 4 is 0 Å². The largest absolute Gasteiger partial charge is 0.0654 e. The maximum Gasteiger partial charge on any atom is -0.0213 e. The van der Waals surface area contributed by atoms with Crippen molar-refractivity contribution < 1.29 is 0 Å². The molecule has 360 valence electrons. The Morgan fingerprint density at radius 3 is 0.733 bits per heavy atom. The van der Waals surface area contributed by atoms with Gasteiger partial charge in [0.15, 0.2) is 0 Å². The van der Waals surface area contributed by atoms with Crippen LogP contribution in [-0.4, -0.2) is 0 Å². The minimum atomic E-state index is 0.635. The van der Waals surface area contributed by atoms with E-state index in [-0.39, 0.29) is 0 Å². The lowest BCUT2D eigenvalue weighted by atomic mass is 9.53. The fourth-order valence-corrected chi connectivity index (χ4v) is 12.5. The highest BCUT2D eigenvalue weighted by atomic mass is 14.6. The van der Waals surface area contributed by atoms with Crippen LogP contribution in [0.4, 0.5) is 0 Å². The van der Waals surface area contributed by atoms with Gasteiger partial charge in [0.1, 0.15) is 0 Å². The molecule has 0 aromatic carbocycles. The second kappa shape index (κ2) is 44.2. The van der Waals surface area contributed by atoms with Gasteiger partial charge < -0.3 is 0 Å². The summed E-state index contributed by atoms with van der Waals surface area (Å²) in [5.41, 5.74) is 1.27. The van der Waals surface area contributed by atoms with Gasteiger partial charge in [0, 0.05) is 0 Å². The lowest BCUT2D eigenvalue weighted by Crippen LogP contribution is -2.42. The predicted octanol–water partition coefficient (Wildman–Crippen LogP) is 23.0. The van der Waals surface area contributed by atoms with Gasteiger partial charge in [-0.15, -0.1) is 0 Å². The van der Waals surface area contributed by atoms with E-state index in [0.717, 1.165) is 5.92 Å². The second-order valence-corrected chi connectivity index (χ2v) is 21.6. The average molecular weight is 842 g/mol. The molecule has 1 fully saturated rings. The van der Waals surface area contributed by atoms with E-state index in [4.69, 9.17) is 0 Å². The van der Waals surface area contributed by atoms with Crippen molar-refractivity contribution in [3.63, 3.8) is 0 Å². The number of unbranched alkanes of at least 4 members (excludes halogenated alkanes) is 40. The van der Waals surface area contributed by atoms with Crippen molar-refractivity contribution in [2.24, 2.45) is 16.7 Å². The third-order valence-electron chi connectivity index (χ3n) is 16.4. The van der Waals surface area contributed by atoms with Gasteiger partial charge in [0.05, 0.1) is 0 Å².